The number of hydrogen-bond acceptors (Lipinski definition) is 5. The number of benzene rings is 1. The van der Waals surface area contributed by atoms with Crippen molar-refractivity contribution in [3.05, 3.63) is 33.4 Å². The molecule has 1 aromatic carbocycles. The molecule has 118 valence electrons. The molecule has 0 aliphatic rings. The first kappa shape index (κ1) is 17.5. The molecule has 21 heavy (non-hydrogen) atoms. The Bertz CT molecular complexity index is 628. The Morgan fingerprint density at radius 3 is 2.52 bits per heavy atom. The maximum Gasteiger partial charge on any atom is 0.273 e. The van der Waals surface area contributed by atoms with Crippen LogP contribution in [0.2, 0.25) is 0 Å². The van der Waals surface area contributed by atoms with Gasteiger partial charge < -0.3 is 5.11 Å². The van der Waals surface area contributed by atoms with Gasteiger partial charge in [-0.3, -0.25) is 10.1 Å². The number of nitrogens with one attached hydrogen (secondary N) is 1. The van der Waals surface area contributed by atoms with Crippen molar-refractivity contribution in [1.82, 2.24) is 4.72 Å². The smallest absolute Gasteiger partial charge is 0.273 e. The average molecular weight is 316 g/mol. The summed E-state index contributed by atoms with van der Waals surface area (Å²) in [6.07, 6.45) is 0.482. The summed E-state index contributed by atoms with van der Waals surface area (Å²) in [6, 6.07) is 2.49. The van der Waals surface area contributed by atoms with E-state index in [-0.39, 0.29) is 29.7 Å². The lowest BCUT2D eigenvalue weighted by Crippen LogP contribution is -2.29. The number of nitrogens with zero attached hydrogens (tertiary/aromatic N) is 1. The Morgan fingerprint density at radius 1 is 1.38 bits per heavy atom. The molecule has 0 radical (unpaired) electrons. The van der Waals surface area contributed by atoms with Gasteiger partial charge in [-0.05, 0) is 37.8 Å². The topological polar surface area (TPSA) is 110 Å². The lowest BCUT2D eigenvalue weighted by molar-refractivity contribution is -0.385. The van der Waals surface area contributed by atoms with E-state index in [1.807, 2.05) is 6.92 Å². The van der Waals surface area contributed by atoms with Crippen LogP contribution < -0.4 is 4.72 Å². The van der Waals surface area contributed by atoms with Gasteiger partial charge in [-0.15, -0.1) is 0 Å². The van der Waals surface area contributed by atoms with E-state index in [1.54, 1.807) is 13.8 Å². The zero-order valence-corrected chi connectivity index (χ0v) is 13.1. The molecule has 0 aliphatic heterocycles. The van der Waals surface area contributed by atoms with Crippen LogP contribution in [0.25, 0.3) is 0 Å². The third kappa shape index (κ3) is 4.48. The van der Waals surface area contributed by atoms with Crippen molar-refractivity contribution in [2.24, 2.45) is 5.92 Å². The molecule has 0 amide bonds. The molecule has 0 spiro atoms. The van der Waals surface area contributed by atoms with Crippen molar-refractivity contribution in [3.8, 4) is 0 Å². The second kappa shape index (κ2) is 6.97. The molecule has 0 aromatic heterocycles. The molecule has 0 aliphatic carbocycles. The van der Waals surface area contributed by atoms with E-state index >= 15 is 0 Å². The summed E-state index contributed by atoms with van der Waals surface area (Å²) in [5.41, 5.74) is 0.791. The van der Waals surface area contributed by atoms with E-state index < -0.39 is 14.9 Å². The van der Waals surface area contributed by atoms with Crippen molar-refractivity contribution in [2.45, 2.75) is 32.1 Å². The third-order valence-electron chi connectivity index (χ3n) is 3.36. The number of aryl methyl sites for hydroxylation is 1. The number of rotatable bonds is 7. The van der Waals surface area contributed by atoms with E-state index in [1.165, 1.54) is 6.07 Å². The van der Waals surface area contributed by atoms with Crippen LogP contribution in [0.3, 0.4) is 0 Å². The van der Waals surface area contributed by atoms with E-state index in [0.29, 0.717) is 17.5 Å². The number of aliphatic hydroxyl groups excluding tert-OH is 1. The molecule has 1 rings (SSSR count). The Hall–Kier alpha value is -1.51. The highest BCUT2D eigenvalue weighted by Crippen LogP contribution is 2.25. The fourth-order valence-corrected chi connectivity index (χ4v) is 3.08. The highest BCUT2D eigenvalue weighted by molar-refractivity contribution is 7.89. The third-order valence-corrected chi connectivity index (χ3v) is 4.77. The van der Waals surface area contributed by atoms with Gasteiger partial charge in [0.25, 0.3) is 5.69 Å². The van der Waals surface area contributed by atoms with E-state index in [9.17, 15) is 18.5 Å². The van der Waals surface area contributed by atoms with Crippen molar-refractivity contribution >= 4 is 15.7 Å². The molecule has 0 saturated carbocycles. The molecule has 7 nitrogen and oxygen atoms in total. The van der Waals surface area contributed by atoms with Crippen molar-refractivity contribution in [2.75, 3.05) is 13.2 Å². The van der Waals surface area contributed by atoms with Gasteiger partial charge in [0.05, 0.1) is 9.82 Å². The number of hydrogen-bond donors (Lipinski definition) is 2. The molecule has 1 aromatic rings. The van der Waals surface area contributed by atoms with Crippen LogP contribution in [0, 0.1) is 29.9 Å². The second-order valence-electron chi connectivity index (χ2n) is 5.11. The average Bonchev–Trinajstić information content (AvgIpc) is 2.39. The Labute approximate surface area is 124 Å². The standard InChI is InChI=1S/C13H20N2O5S/c1-9(4-5-16)8-14-21(19,20)12-6-10(2)11(3)13(7-12)15(17)18/h6-7,9,14,16H,4-5,8H2,1-3H3. The van der Waals surface area contributed by atoms with Crippen molar-refractivity contribution in [1.29, 1.82) is 0 Å². The van der Waals surface area contributed by atoms with E-state index in [2.05, 4.69) is 4.72 Å². The van der Waals surface area contributed by atoms with Gasteiger partial charge >= 0.3 is 0 Å². The number of sulfonamides is 1. The molecular formula is C13H20N2O5S. The van der Waals surface area contributed by atoms with Crippen LogP contribution in [-0.4, -0.2) is 31.6 Å². The molecule has 0 bridgehead atoms. The van der Waals surface area contributed by atoms with Gasteiger partial charge in [-0.1, -0.05) is 6.92 Å². The lowest BCUT2D eigenvalue weighted by Gasteiger charge is -2.12. The minimum atomic E-state index is -3.81. The summed E-state index contributed by atoms with van der Waals surface area (Å²) in [4.78, 5) is 10.3. The highest BCUT2D eigenvalue weighted by atomic mass is 32.2. The monoisotopic (exact) mass is 316 g/mol. The normalized spacial score (nSPS) is 13.1. The van der Waals surface area contributed by atoms with Gasteiger partial charge in [0.2, 0.25) is 10.0 Å². The highest BCUT2D eigenvalue weighted by Gasteiger charge is 2.22. The molecule has 1 unspecified atom stereocenters. The SMILES string of the molecule is Cc1cc(S(=O)(=O)NCC(C)CCO)cc([N+](=O)[O-])c1C. The number of nitro groups is 1. The zero-order valence-electron chi connectivity index (χ0n) is 12.3. The first-order chi connectivity index (χ1) is 9.69. The Kier molecular flexibility index (Phi) is 5.82. The van der Waals surface area contributed by atoms with Crippen LogP contribution in [0.1, 0.15) is 24.5 Å². The Balaban J connectivity index is 3.06. The largest absolute Gasteiger partial charge is 0.396 e. The van der Waals surface area contributed by atoms with Gasteiger partial charge in [-0.25, -0.2) is 13.1 Å². The second-order valence-corrected chi connectivity index (χ2v) is 6.88. The van der Waals surface area contributed by atoms with Crippen LogP contribution >= 0.6 is 0 Å². The molecule has 2 N–H and O–H groups in total. The number of aliphatic hydroxyl groups is 1. The Morgan fingerprint density at radius 2 is 2.00 bits per heavy atom. The predicted molar refractivity (Wildman–Crippen MR) is 78.6 cm³/mol. The van der Waals surface area contributed by atoms with Crippen LogP contribution in [0.5, 0.6) is 0 Å². The van der Waals surface area contributed by atoms with E-state index in [0.717, 1.165) is 6.07 Å². The summed E-state index contributed by atoms with van der Waals surface area (Å²) in [6.45, 7) is 5.18. The summed E-state index contributed by atoms with van der Waals surface area (Å²) < 4.78 is 26.8. The van der Waals surface area contributed by atoms with Gasteiger partial charge in [-0.2, -0.15) is 0 Å². The van der Waals surface area contributed by atoms with Crippen LogP contribution in [0.4, 0.5) is 5.69 Å². The first-order valence-corrected chi connectivity index (χ1v) is 8.03. The zero-order chi connectivity index (χ0) is 16.2. The van der Waals surface area contributed by atoms with Crippen LogP contribution in [-0.2, 0) is 10.0 Å². The number of nitro benzene ring substituents is 1. The maximum atomic E-state index is 12.2. The van der Waals surface area contributed by atoms with Crippen LogP contribution in [0.15, 0.2) is 17.0 Å². The molecule has 0 fully saturated rings. The van der Waals surface area contributed by atoms with Gasteiger partial charge in [0.15, 0.2) is 0 Å². The summed E-state index contributed by atoms with van der Waals surface area (Å²) in [5.74, 6) is -0.0219. The summed E-state index contributed by atoms with van der Waals surface area (Å²) >= 11 is 0. The van der Waals surface area contributed by atoms with Crippen molar-refractivity contribution < 1.29 is 18.4 Å². The first-order valence-electron chi connectivity index (χ1n) is 6.55. The minimum Gasteiger partial charge on any atom is -0.396 e. The van der Waals surface area contributed by atoms with E-state index in [4.69, 9.17) is 5.11 Å². The molecule has 0 saturated heterocycles. The van der Waals surface area contributed by atoms with Crippen molar-refractivity contribution in [3.63, 3.8) is 0 Å². The molecular weight excluding hydrogens is 296 g/mol. The minimum absolute atomic E-state index is 0.0159. The summed E-state index contributed by atoms with van der Waals surface area (Å²) in [5, 5.41) is 19.8. The maximum absolute atomic E-state index is 12.2. The fourth-order valence-electron chi connectivity index (χ4n) is 1.81. The van der Waals surface area contributed by atoms with Gasteiger partial charge in [0.1, 0.15) is 0 Å². The fraction of sp³-hybridized carbons (Fsp3) is 0.538. The quantitative estimate of drug-likeness (QED) is 0.585. The summed E-state index contributed by atoms with van der Waals surface area (Å²) in [7, 11) is -3.81. The lowest BCUT2D eigenvalue weighted by atomic mass is 10.1. The predicted octanol–water partition coefficient (Wildman–Crippen LogP) is 1.51. The molecule has 1 atom stereocenters. The van der Waals surface area contributed by atoms with Gasteiger partial charge in [0, 0.05) is 24.8 Å². The molecule has 0 heterocycles. The molecule has 8 heteroatoms.